The van der Waals surface area contributed by atoms with E-state index in [-0.39, 0.29) is 10.7 Å². The van der Waals surface area contributed by atoms with E-state index >= 15 is 0 Å². The van der Waals surface area contributed by atoms with Crippen molar-refractivity contribution in [2.45, 2.75) is 43.5 Å². The number of carbonyl (C=O) groups excluding carboxylic acids is 1. The van der Waals surface area contributed by atoms with Gasteiger partial charge in [0.2, 0.25) is 0 Å². The van der Waals surface area contributed by atoms with Gasteiger partial charge < -0.3 is 9.73 Å². The number of Topliss-reactive ketones (excluding diaryl/α,β-unsaturated/α-hetero) is 1. The Balaban J connectivity index is 1.79. The molecular weight excluding hydrogens is 424 g/mol. The minimum atomic E-state index is -4.03. The normalized spacial score (nSPS) is 18.6. The number of hydrogen-bond donors (Lipinski definition) is 1. The smallest absolute Gasteiger partial charge is 0.265 e. The van der Waals surface area contributed by atoms with Crippen LogP contribution in [0.25, 0.3) is 0 Å². The Labute approximate surface area is 187 Å². The maximum absolute atomic E-state index is 14.1. The zero-order valence-corrected chi connectivity index (χ0v) is 18.6. The van der Waals surface area contributed by atoms with E-state index in [9.17, 15) is 13.2 Å². The highest BCUT2D eigenvalue weighted by molar-refractivity contribution is 7.92. The SMILES string of the molecule is CCc1ccc(S(=O)(=O)N2c3ccccc3NC3=C(C(=O)CCC3)[C@@H]2c2ccco2)cc1. The molecule has 0 radical (unpaired) electrons. The summed E-state index contributed by atoms with van der Waals surface area (Å²) < 4.78 is 35.3. The van der Waals surface area contributed by atoms with Crippen LogP contribution in [0.3, 0.4) is 0 Å². The zero-order valence-electron chi connectivity index (χ0n) is 17.7. The Bertz CT molecular complexity index is 1290. The summed E-state index contributed by atoms with van der Waals surface area (Å²) in [6.45, 7) is 2.02. The van der Waals surface area contributed by atoms with E-state index in [0.717, 1.165) is 24.1 Å². The molecule has 6 nitrogen and oxygen atoms in total. The van der Waals surface area contributed by atoms with E-state index in [4.69, 9.17) is 4.42 Å². The number of fused-ring (bicyclic) bond motifs is 1. The standard InChI is InChI=1S/C25H24N2O4S/c1-2-17-12-14-18(15-13-17)32(29,30)27-21-9-4-3-7-19(21)26-20-8-5-10-22(28)24(20)25(27)23-11-6-16-31-23/h3-4,6-7,9,11-16,25-26H,2,5,8,10H2,1H3/t25-/m0/s1. The minimum absolute atomic E-state index is 0.0607. The van der Waals surface area contributed by atoms with Gasteiger partial charge in [-0.15, -0.1) is 0 Å². The third-order valence-electron chi connectivity index (χ3n) is 6.09. The van der Waals surface area contributed by atoms with Crippen LogP contribution in [0.1, 0.15) is 43.6 Å². The third kappa shape index (κ3) is 3.33. The molecule has 32 heavy (non-hydrogen) atoms. The van der Waals surface area contributed by atoms with Crippen molar-refractivity contribution in [3.63, 3.8) is 0 Å². The van der Waals surface area contributed by atoms with Crippen LogP contribution in [0.4, 0.5) is 11.4 Å². The van der Waals surface area contributed by atoms with Gasteiger partial charge in [0.05, 0.1) is 22.5 Å². The van der Waals surface area contributed by atoms with Gasteiger partial charge in [-0.3, -0.25) is 4.79 Å². The molecule has 0 spiro atoms. The van der Waals surface area contributed by atoms with Gasteiger partial charge in [-0.25, -0.2) is 12.7 Å². The van der Waals surface area contributed by atoms with Gasteiger partial charge in [0, 0.05) is 17.7 Å². The molecule has 1 aromatic heterocycles. The Morgan fingerprint density at radius 1 is 1.03 bits per heavy atom. The fraction of sp³-hybridized carbons (Fsp3) is 0.240. The van der Waals surface area contributed by atoms with Crippen LogP contribution in [0, 0.1) is 0 Å². The monoisotopic (exact) mass is 448 g/mol. The largest absolute Gasteiger partial charge is 0.467 e. The molecule has 3 aromatic rings. The minimum Gasteiger partial charge on any atom is -0.467 e. The number of furan rings is 1. The number of aryl methyl sites for hydroxylation is 1. The molecule has 7 heteroatoms. The molecule has 1 N–H and O–H groups in total. The first-order chi connectivity index (χ1) is 15.5. The molecule has 5 rings (SSSR count). The molecule has 0 bridgehead atoms. The molecule has 0 saturated carbocycles. The van der Waals surface area contributed by atoms with Gasteiger partial charge in [0.25, 0.3) is 10.0 Å². The number of allylic oxidation sites excluding steroid dienone is 1. The number of hydrogen-bond acceptors (Lipinski definition) is 5. The average Bonchev–Trinajstić information content (AvgIpc) is 3.28. The van der Waals surface area contributed by atoms with Crippen molar-refractivity contribution in [1.82, 2.24) is 0 Å². The second-order valence-corrected chi connectivity index (χ2v) is 9.84. The van der Waals surface area contributed by atoms with Crippen molar-refractivity contribution in [3.8, 4) is 0 Å². The zero-order chi connectivity index (χ0) is 22.3. The molecular formula is C25H24N2O4S. The van der Waals surface area contributed by atoms with E-state index in [2.05, 4.69) is 5.32 Å². The summed E-state index contributed by atoms with van der Waals surface area (Å²) in [6.07, 6.45) is 4.10. The van der Waals surface area contributed by atoms with Crippen molar-refractivity contribution in [2.24, 2.45) is 0 Å². The summed E-state index contributed by atoms with van der Waals surface area (Å²) in [4.78, 5) is 13.3. The highest BCUT2D eigenvalue weighted by Crippen LogP contribution is 2.47. The molecule has 0 saturated heterocycles. The second-order valence-electron chi connectivity index (χ2n) is 8.03. The number of rotatable bonds is 4. The van der Waals surface area contributed by atoms with Crippen LogP contribution in [-0.4, -0.2) is 14.2 Å². The molecule has 0 unspecified atom stereocenters. The average molecular weight is 449 g/mol. The number of carbonyl (C=O) groups is 1. The molecule has 0 fully saturated rings. The van der Waals surface area contributed by atoms with Crippen molar-refractivity contribution in [3.05, 3.63) is 89.5 Å². The highest BCUT2D eigenvalue weighted by Gasteiger charge is 2.43. The lowest BCUT2D eigenvalue weighted by molar-refractivity contribution is -0.116. The van der Waals surface area contributed by atoms with E-state index < -0.39 is 16.1 Å². The number of sulfonamides is 1. The van der Waals surface area contributed by atoms with E-state index in [1.807, 2.05) is 31.2 Å². The first kappa shape index (κ1) is 20.6. The number of nitrogens with zero attached hydrogens (tertiary/aromatic N) is 1. The molecule has 2 aromatic carbocycles. The lowest BCUT2D eigenvalue weighted by Gasteiger charge is -2.33. The fourth-order valence-corrected chi connectivity index (χ4v) is 6.10. The molecule has 1 atom stereocenters. The number of para-hydroxylation sites is 2. The number of nitrogens with one attached hydrogen (secondary N) is 1. The fourth-order valence-electron chi connectivity index (χ4n) is 4.48. The van der Waals surface area contributed by atoms with Gasteiger partial charge in [0.15, 0.2) is 5.78 Å². The molecule has 164 valence electrons. The predicted octanol–water partition coefficient (Wildman–Crippen LogP) is 5.21. The Hall–Kier alpha value is -3.32. The first-order valence-electron chi connectivity index (χ1n) is 10.8. The first-order valence-corrected chi connectivity index (χ1v) is 12.2. The van der Waals surface area contributed by atoms with Gasteiger partial charge >= 0.3 is 0 Å². The van der Waals surface area contributed by atoms with E-state index in [1.54, 1.807) is 36.4 Å². The van der Waals surface area contributed by atoms with E-state index in [1.165, 1.54) is 10.6 Å². The van der Waals surface area contributed by atoms with Gasteiger partial charge in [-0.05, 0) is 61.2 Å². The van der Waals surface area contributed by atoms with Gasteiger partial charge in [-0.2, -0.15) is 0 Å². The summed E-state index contributed by atoms with van der Waals surface area (Å²) in [6, 6.07) is 16.7. The molecule has 2 aliphatic rings. The molecule has 2 heterocycles. The van der Waals surface area contributed by atoms with Crippen LogP contribution >= 0.6 is 0 Å². The highest BCUT2D eigenvalue weighted by atomic mass is 32.2. The number of ketones is 1. The van der Waals surface area contributed by atoms with Crippen molar-refractivity contribution < 1.29 is 17.6 Å². The van der Waals surface area contributed by atoms with Crippen LogP contribution < -0.4 is 9.62 Å². The summed E-state index contributed by atoms with van der Waals surface area (Å²) in [7, 11) is -4.03. The van der Waals surface area contributed by atoms with Gasteiger partial charge in [-0.1, -0.05) is 31.2 Å². The molecule has 1 aliphatic heterocycles. The predicted molar refractivity (Wildman–Crippen MR) is 123 cm³/mol. The topological polar surface area (TPSA) is 79.6 Å². The maximum atomic E-state index is 14.1. The van der Waals surface area contributed by atoms with Crippen LogP contribution in [0.2, 0.25) is 0 Å². The Morgan fingerprint density at radius 3 is 2.53 bits per heavy atom. The number of benzene rings is 2. The molecule has 1 aliphatic carbocycles. The summed E-state index contributed by atoms with van der Waals surface area (Å²) >= 11 is 0. The lowest BCUT2D eigenvalue weighted by Crippen LogP contribution is -2.37. The Kier molecular flexibility index (Phi) is 5.13. The summed E-state index contributed by atoms with van der Waals surface area (Å²) in [5, 5.41) is 3.37. The second kappa shape index (κ2) is 7.98. The summed E-state index contributed by atoms with van der Waals surface area (Å²) in [5.41, 5.74) is 3.40. The lowest BCUT2D eigenvalue weighted by atomic mass is 9.89. The Morgan fingerprint density at radius 2 is 1.81 bits per heavy atom. The molecule has 0 amide bonds. The van der Waals surface area contributed by atoms with Crippen LogP contribution in [0.15, 0.2) is 87.5 Å². The van der Waals surface area contributed by atoms with Crippen molar-refractivity contribution in [1.29, 1.82) is 0 Å². The maximum Gasteiger partial charge on any atom is 0.265 e. The van der Waals surface area contributed by atoms with Crippen molar-refractivity contribution >= 4 is 27.2 Å². The van der Waals surface area contributed by atoms with Crippen LogP contribution in [0.5, 0.6) is 0 Å². The van der Waals surface area contributed by atoms with Crippen molar-refractivity contribution in [2.75, 3.05) is 9.62 Å². The van der Waals surface area contributed by atoms with Gasteiger partial charge in [0.1, 0.15) is 11.8 Å². The quantitative estimate of drug-likeness (QED) is 0.593. The third-order valence-corrected chi connectivity index (χ3v) is 7.89. The number of anilines is 2. The van der Waals surface area contributed by atoms with Crippen LogP contribution in [-0.2, 0) is 21.2 Å². The van der Waals surface area contributed by atoms with E-state index in [0.29, 0.717) is 35.5 Å². The summed E-state index contributed by atoms with van der Waals surface area (Å²) in [5.74, 6) is 0.356.